The third-order valence-corrected chi connectivity index (χ3v) is 2.53. The molecule has 0 saturated carbocycles. The third-order valence-electron chi connectivity index (χ3n) is 2.53. The number of hydrogen-bond donors (Lipinski definition) is 2. The maximum absolute atomic E-state index is 10.1. The molecule has 2 atom stereocenters. The molecule has 2 aromatic rings. The van der Waals surface area contributed by atoms with E-state index in [2.05, 4.69) is 19.9 Å². The minimum Gasteiger partial charge on any atom is -0.670 e. The second-order valence-electron chi connectivity index (χ2n) is 4.31. The van der Waals surface area contributed by atoms with Gasteiger partial charge in [-0.3, -0.25) is 0 Å². The van der Waals surface area contributed by atoms with Crippen LogP contribution in [0.3, 0.4) is 0 Å². The number of carbonyl (C=O) groups is 2. The van der Waals surface area contributed by atoms with E-state index in [-0.39, 0.29) is 29.9 Å². The number of hydrogen-bond acceptors (Lipinski definition) is 6. The zero-order chi connectivity index (χ0) is 16.5. The Labute approximate surface area is 142 Å². The van der Waals surface area contributed by atoms with Crippen LogP contribution in [0.25, 0.3) is 11.5 Å². The number of carboxylic acids is 2. The second kappa shape index (κ2) is 10.5. The van der Waals surface area contributed by atoms with Gasteiger partial charge < -0.3 is 41.2 Å². The molecule has 0 aromatic carbocycles. The molecule has 1 radical (unpaired) electrons. The predicted octanol–water partition coefficient (Wildman–Crippen LogP) is -1.76. The summed E-state index contributed by atoms with van der Waals surface area (Å²) in [6.45, 7) is 0. The smallest absolute Gasteiger partial charge is 0.670 e. The zero-order valence-corrected chi connectivity index (χ0v) is 13.0. The molecule has 0 aliphatic rings. The van der Waals surface area contributed by atoms with Crippen molar-refractivity contribution in [1.82, 2.24) is 19.9 Å². The van der Waals surface area contributed by atoms with Crippen LogP contribution >= 0.6 is 0 Å². The van der Waals surface area contributed by atoms with Gasteiger partial charge in [0.1, 0.15) is 0 Å². The molecule has 0 aliphatic carbocycles. The van der Waals surface area contributed by atoms with Crippen molar-refractivity contribution in [2.24, 2.45) is 0 Å². The number of carboxylic acid groups (broad SMARTS) is 2. The molecule has 2 heterocycles. The van der Waals surface area contributed by atoms with Gasteiger partial charge in [0.15, 0.2) is 0 Å². The Bertz CT molecular complexity index is 522. The molecule has 11 heteroatoms. The molecule has 0 saturated heterocycles. The number of nitrogens with zero attached hydrogens (tertiary/aromatic N) is 2. The van der Waals surface area contributed by atoms with Gasteiger partial charge in [0.05, 0.1) is 12.7 Å². The van der Waals surface area contributed by atoms with Crippen molar-refractivity contribution in [2.75, 3.05) is 0 Å². The summed E-state index contributed by atoms with van der Waals surface area (Å²) >= 11 is 0. The fraction of sp³-hybridized carbons (Fsp3) is 0.333. The molecule has 2 aromatic heterocycles. The first-order chi connectivity index (χ1) is 10.4. The van der Waals surface area contributed by atoms with Crippen LogP contribution in [-0.4, -0.2) is 44.0 Å². The molecule has 125 valence electrons. The Balaban J connectivity index is 0.000000403. The van der Waals surface area contributed by atoms with Gasteiger partial charge >= 0.3 is 17.1 Å². The Morgan fingerprint density at radius 1 is 0.957 bits per heavy atom. The molecular formula is C12H14MnN6O4-2. The minimum absolute atomic E-state index is 0. The first-order valence-corrected chi connectivity index (χ1v) is 6.18. The minimum atomic E-state index is -1.36. The summed E-state index contributed by atoms with van der Waals surface area (Å²) in [4.78, 5) is 33.0. The van der Waals surface area contributed by atoms with E-state index >= 15 is 0 Å². The standard InChI is InChI=1S/2C6H8N3O2.Mn/c2*7-5(6(10)11)1-4-2-8-3-9-4;/h2*2-3,5,7H,1H2,(H,8,9)(H,10,11);/q2*-1;+2/p-2. The maximum Gasteiger partial charge on any atom is 2.00 e. The van der Waals surface area contributed by atoms with Crippen LogP contribution in [0.4, 0.5) is 0 Å². The van der Waals surface area contributed by atoms with E-state index in [4.69, 9.17) is 11.5 Å². The summed E-state index contributed by atoms with van der Waals surface area (Å²) < 4.78 is 0. The van der Waals surface area contributed by atoms with Gasteiger partial charge in [-0.2, -0.15) is 0 Å². The summed E-state index contributed by atoms with van der Waals surface area (Å²) in [6.07, 6.45) is 6.09. The molecule has 23 heavy (non-hydrogen) atoms. The van der Waals surface area contributed by atoms with Gasteiger partial charge in [0.25, 0.3) is 0 Å². The van der Waals surface area contributed by atoms with E-state index in [1.54, 1.807) is 0 Å². The number of rotatable bonds is 6. The van der Waals surface area contributed by atoms with Crippen LogP contribution < -0.4 is 10.2 Å². The van der Waals surface area contributed by atoms with Gasteiger partial charge in [-0.1, -0.05) is 12.1 Å². The Kier molecular flexibility index (Phi) is 9.51. The van der Waals surface area contributed by atoms with E-state index in [0.717, 1.165) is 0 Å². The normalized spacial score (nSPS) is 12.3. The largest absolute Gasteiger partial charge is 2.00 e. The number of nitrogens with one attached hydrogen (secondary N) is 4. The van der Waals surface area contributed by atoms with Crippen LogP contribution in [0.5, 0.6) is 0 Å². The molecule has 0 aliphatic heterocycles. The van der Waals surface area contributed by atoms with E-state index < -0.39 is 24.0 Å². The van der Waals surface area contributed by atoms with Gasteiger partial charge in [-0.25, -0.2) is 9.97 Å². The second-order valence-corrected chi connectivity index (χ2v) is 4.31. The van der Waals surface area contributed by atoms with Crippen LogP contribution in [0.2, 0.25) is 0 Å². The van der Waals surface area contributed by atoms with Gasteiger partial charge in [-0.05, 0) is 12.8 Å². The Hall–Kier alpha value is -2.20. The number of aromatic amines is 2. The molecule has 0 fully saturated rings. The number of imidazole rings is 2. The molecule has 0 amide bonds. The summed E-state index contributed by atoms with van der Waals surface area (Å²) in [6, 6.07) is -2.43. The van der Waals surface area contributed by atoms with E-state index in [0.29, 0.717) is 11.4 Å². The molecule has 2 rings (SSSR count). The first kappa shape index (κ1) is 20.8. The third kappa shape index (κ3) is 8.12. The fourth-order valence-corrected chi connectivity index (χ4v) is 1.40. The molecule has 0 bridgehead atoms. The Morgan fingerprint density at radius 2 is 1.30 bits per heavy atom. The van der Waals surface area contributed by atoms with Crippen molar-refractivity contribution >= 4 is 11.9 Å². The van der Waals surface area contributed by atoms with Crippen molar-refractivity contribution in [3.8, 4) is 0 Å². The van der Waals surface area contributed by atoms with Crippen molar-refractivity contribution in [3.05, 3.63) is 47.9 Å². The van der Waals surface area contributed by atoms with Crippen LogP contribution in [0, 0.1) is 0 Å². The number of aliphatic carboxylic acids is 2. The van der Waals surface area contributed by atoms with E-state index in [1.165, 1.54) is 25.0 Å². The maximum atomic E-state index is 10.1. The predicted molar refractivity (Wildman–Crippen MR) is 70.8 cm³/mol. The topological polar surface area (TPSA) is 185 Å². The van der Waals surface area contributed by atoms with Crippen LogP contribution in [0.15, 0.2) is 25.0 Å². The monoisotopic (exact) mass is 361 g/mol. The number of aromatic nitrogens is 4. The van der Waals surface area contributed by atoms with Crippen molar-refractivity contribution in [3.63, 3.8) is 0 Å². The SMILES string of the molecule is [Mn+2].[NH-]C(Cc1cnc[nH]1)C(=O)[O-].[NH-]C(Cc1cnc[nH]1)C(=O)[O-]. The zero-order valence-electron chi connectivity index (χ0n) is 11.8. The van der Waals surface area contributed by atoms with Crippen molar-refractivity contribution in [2.45, 2.75) is 24.9 Å². The van der Waals surface area contributed by atoms with Crippen molar-refractivity contribution in [1.29, 1.82) is 0 Å². The summed E-state index contributed by atoms with van der Waals surface area (Å²) in [5.41, 5.74) is 15.3. The van der Waals surface area contributed by atoms with Gasteiger partial charge in [-0.15, -0.1) is 0 Å². The average molecular weight is 361 g/mol. The quantitative estimate of drug-likeness (QED) is 0.574. The molecule has 10 nitrogen and oxygen atoms in total. The molecule has 0 spiro atoms. The van der Waals surface area contributed by atoms with Crippen molar-refractivity contribution < 1.29 is 36.9 Å². The number of carbonyl (C=O) groups excluding carboxylic acids is 2. The molecule has 4 N–H and O–H groups in total. The van der Waals surface area contributed by atoms with E-state index in [9.17, 15) is 19.8 Å². The summed E-state index contributed by atoms with van der Waals surface area (Å²) in [7, 11) is 0. The van der Waals surface area contributed by atoms with Gasteiger partial charge in [0.2, 0.25) is 0 Å². The Morgan fingerprint density at radius 3 is 1.52 bits per heavy atom. The summed E-state index contributed by atoms with van der Waals surface area (Å²) in [5.74, 6) is -2.72. The fourth-order valence-electron chi connectivity index (χ4n) is 1.40. The van der Waals surface area contributed by atoms with E-state index in [1.807, 2.05) is 0 Å². The number of H-pyrrole nitrogens is 2. The molecule has 2 unspecified atom stereocenters. The average Bonchev–Trinajstić information content (AvgIpc) is 3.12. The van der Waals surface area contributed by atoms with Gasteiger partial charge in [0, 0.05) is 35.7 Å². The van der Waals surface area contributed by atoms with Crippen LogP contribution in [-0.2, 0) is 39.5 Å². The summed E-state index contributed by atoms with van der Waals surface area (Å²) in [5, 5.41) is 20.2. The molecular weight excluding hydrogens is 347 g/mol. The first-order valence-electron chi connectivity index (χ1n) is 6.18. The van der Waals surface area contributed by atoms with Crippen LogP contribution in [0.1, 0.15) is 11.4 Å².